The van der Waals surface area contributed by atoms with Crippen LogP contribution in [0.1, 0.15) is 29.3 Å². The largest absolute Gasteiger partial charge is 0.355 e. The van der Waals surface area contributed by atoms with Crippen LogP contribution in [0.25, 0.3) is 0 Å². The average Bonchev–Trinajstić information content (AvgIpc) is 3.10. The molecule has 1 aliphatic heterocycles. The van der Waals surface area contributed by atoms with Gasteiger partial charge in [-0.25, -0.2) is 4.98 Å². The fraction of sp³-hybridized carbons (Fsp3) is 0.444. The summed E-state index contributed by atoms with van der Waals surface area (Å²) in [5.74, 6) is 0.764. The van der Waals surface area contributed by atoms with Crippen LogP contribution in [-0.4, -0.2) is 42.0 Å². The lowest BCUT2D eigenvalue weighted by Gasteiger charge is -2.31. The Hall–Kier alpha value is -1.72. The third-order valence-corrected chi connectivity index (χ3v) is 5.21. The zero-order valence-corrected chi connectivity index (χ0v) is 14.1. The molecule has 1 N–H and O–H groups in total. The van der Waals surface area contributed by atoms with E-state index in [-0.39, 0.29) is 5.91 Å². The van der Waals surface area contributed by atoms with Gasteiger partial charge in [-0.05, 0) is 37.4 Å². The minimum absolute atomic E-state index is 0.125. The topological polar surface area (TPSA) is 45.2 Å². The fourth-order valence-corrected chi connectivity index (χ4v) is 3.71. The van der Waals surface area contributed by atoms with Crippen molar-refractivity contribution in [3.63, 3.8) is 0 Å². The molecule has 0 saturated carbocycles. The van der Waals surface area contributed by atoms with Gasteiger partial charge >= 0.3 is 0 Å². The summed E-state index contributed by atoms with van der Waals surface area (Å²) in [4.78, 5) is 18.5. The average molecular weight is 329 g/mol. The molecule has 0 unspecified atom stereocenters. The van der Waals surface area contributed by atoms with Gasteiger partial charge in [0.05, 0.1) is 11.6 Å². The van der Waals surface area contributed by atoms with E-state index >= 15 is 0 Å². The summed E-state index contributed by atoms with van der Waals surface area (Å²) in [5.41, 5.74) is 1.43. The predicted molar refractivity (Wildman–Crippen MR) is 93.7 cm³/mol. The Kier molecular flexibility index (Phi) is 5.77. The van der Waals surface area contributed by atoms with E-state index in [1.165, 1.54) is 5.56 Å². The molecule has 0 spiro atoms. The van der Waals surface area contributed by atoms with E-state index in [1.54, 1.807) is 17.5 Å². The molecule has 122 valence electrons. The van der Waals surface area contributed by atoms with E-state index in [0.29, 0.717) is 19.0 Å². The first-order valence-corrected chi connectivity index (χ1v) is 9.11. The number of hydrogen-bond donors (Lipinski definition) is 1. The molecule has 3 rings (SSSR count). The Morgan fingerprint density at radius 3 is 2.74 bits per heavy atom. The molecule has 0 aliphatic carbocycles. The molecule has 4 nitrogen and oxygen atoms in total. The molecule has 1 aromatic heterocycles. The van der Waals surface area contributed by atoms with Crippen molar-refractivity contribution in [1.82, 2.24) is 15.2 Å². The normalized spacial score (nSPS) is 16.3. The second-order valence-electron chi connectivity index (χ2n) is 5.99. The summed E-state index contributed by atoms with van der Waals surface area (Å²) < 4.78 is 0. The van der Waals surface area contributed by atoms with Gasteiger partial charge in [0.15, 0.2) is 0 Å². The Balaban J connectivity index is 1.36. The number of likely N-dealkylation sites (tertiary alicyclic amines) is 1. The molecule has 2 heterocycles. The molecule has 5 heteroatoms. The third-order valence-electron chi connectivity index (χ3n) is 4.37. The molecule has 0 atom stereocenters. The number of piperidine rings is 1. The number of rotatable bonds is 6. The molecular weight excluding hydrogens is 306 g/mol. The van der Waals surface area contributed by atoms with Crippen molar-refractivity contribution in [3.8, 4) is 0 Å². The number of carbonyl (C=O) groups is 1. The maximum atomic E-state index is 12.0. The Bertz CT molecular complexity index is 592. The standard InChI is InChI=1S/C18H23N3OS/c22-17(19-9-6-18-20-10-13-23-18)14-21-11-7-16(8-12-21)15-4-2-1-3-5-15/h1-5,10,13,16H,6-9,11-12,14H2,(H,19,22). The SMILES string of the molecule is O=C(CN1CCC(c2ccccc2)CC1)NCCc1nccs1. The van der Waals surface area contributed by atoms with E-state index in [0.717, 1.165) is 37.4 Å². The number of nitrogens with one attached hydrogen (secondary N) is 1. The highest BCUT2D eigenvalue weighted by atomic mass is 32.1. The number of nitrogens with zero attached hydrogens (tertiary/aromatic N) is 2. The number of amides is 1. The zero-order valence-electron chi connectivity index (χ0n) is 13.3. The van der Waals surface area contributed by atoms with Crippen molar-refractivity contribution in [1.29, 1.82) is 0 Å². The summed E-state index contributed by atoms with van der Waals surface area (Å²) in [6.45, 7) is 3.19. The molecule has 1 aliphatic rings. The number of hydrogen-bond acceptors (Lipinski definition) is 4. The third kappa shape index (κ3) is 4.88. The Labute approximate surface area is 141 Å². The van der Waals surface area contributed by atoms with Gasteiger partial charge in [-0.1, -0.05) is 30.3 Å². The van der Waals surface area contributed by atoms with E-state index in [9.17, 15) is 4.79 Å². The quantitative estimate of drug-likeness (QED) is 0.886. The van der Waals surface area contributed by atoms with Crippen LogP contribution in [0, 0.1) is 0 Å². The minimum Gasteiger partial charge on any atom is -0.355 e. The van der Waals surface area contributed by atoms with E-state index < -0.39 is 0 Å². The monoisotopic (exact) mass is 329 g/mol. The highest BCUT2D eigenvalue weighted by molar-refractivity contribution is 7.09. The molecule has 1 amide bonds. The number of aromatic nitrogens is 1. The van der Waals surface area contributed by atoms with Crippen molar-refractivity contribution in [3.05, 3.63) is 52.5 Å². The van der Waals surface area contributed by atoms with Crippen LogP contribution in [0.15, 0.2) is 41.9 Å². The summed E-state index contributed by atoms with van der Waals surface area (Å²) in [7, 11) is 0. The molecule has 2 aromatic rings. The molecular formula is C18H23N3OS. The lowest BCUT2D eigenvalue weighted by molar-refractivity contribution is -0.122. The molecule has 23 heavy (non-hydrogen) atoms. The van der Waals surface area contributed by atoms with Gasteiger partial charge in [0.1, 0.15) is 0 Å². The summed E-state index contributed by atoms with van der Waals surface area (Å²) in [5, 5.41) is 6.04. The molecule has 1 aromatic carbocycles. The van der Waals surface area contributed by atoms with Crippen LogP contribution in [0.5, 0.6) is 0 Å². The van der Waals surface area contributed by atoms with Crippen molar-refractivity contribution in [2.75, 3.05) is 26.2 Å². The molecule has 0 bridgehead atoms. The van der Waals surface area contributed by atoms with Crippen LogP contribution in [0.2, 0.25) is 0 Å². The molecule has 0 radical (unpaired) electrons. The van der Waals surface area contributed by atoms with Gasteiger partial charge in [0.2, 0.25) is 5.91 Å². The van der Waals surface area contributed by atoms with Crippen LogP contribution in [-0.2, 0) is 11.2 Å². The maximum Gasteiger partial charge on any atom is 0.234 e. The zero-order chi connectivity index (χ0) is 15.9. The second kappa shape index (κ2) is 8.22. The second-order valence-corrected chi connectivity index (χ2v) is 6.97. The van der Waals surface area contributed by atoms with Crippen molar-refractivity contribution < 1.29 is 4.79 Å². The molecule has 1 fully saturated rings. The Morgan fingerprint density at radius 2 is 2.04 bits per heavy atom. The van der Waals surface area contributed by atoms with Gasteiger partial charge < -0.3 is 5.32 Å². The highest BCUT2D eigenvalue weighted by Gasteiger charge is 2.21. The van der Waals surface area contributed by atoms with Crippen LogP contribution >= 0.6 is 11.3 Å². The van der Waals surface area contributed by atoms with Crippen molar-refractivity contribution >= 4 is 17.2 Å². The first-order valence-electron chi connectivity index (χ1n) is 8.23. The highest BCUT2D eigenvalue weighted by Crippen LogP contribution is 2.27. The van der Waals surface area contributed by atoms with E-state index in [2.05, 4.69) is 45.5 Å². The number of benzene rings is 1. The van der Waals surface area contributed by atoms with Crippen molar-refractivity contribution in [2.45, 2.75) is 25.2 Å². The fourth-order valence-electron chi connectivity index (χ4n) is 3.09. The minimum atomic E-state index is 0.125. The van der Waals surface area contributed by atoms with E-state index in [4.69, 9.17) is 0 Å². The van der Waals surface area contributed by atoms with Crippen LogP contribution in [0.3, 0.4) is 0 Å². The number of thiazole rings is 1. The lowest BCUT2D eigenvalue weighted by Crippen LogP contribution is -2.41. The molecule has 1 saturated heterocycles. The van der Waals surface area contributed by atoms with Gasteiger partial charge in [-0.3, -0.25) is 9.69 Å². The smallest absolute Gasteiger partial charge is 0.234 e. The van der Waals surface area contributed by atoms with E-state index in [1.807, 2.05) is 5.38 Å². The van der Waals surface area contributed by atoms with Crippen LogP contribution in [0.4, 0.5) is 0 Å². The predicted octanol–water partition coefficient (Wildman–Crippen LogP) is 2.68. The maximum absolute atomic E-state index is 12.0. The van der Waals surface area contributed by atoms with Crippen LogP contribution < -0.4 is 5.32 Å². The summed E-state index contributed by atoms with van der Waals surface area (Å²) in [6, 6.07) is 10.7. The summed E-state index contributed by atoms with van der Waals surface area (Å²) >= 11 is 1.64. The summed E-state index contributed by atoms with van der Waals surface area (Å²) in [6.07, 6.45) is 4.89. The Morgan fingerprint density at radius 1 is 1.26 bits per heavy atom. The number of carbonyl (C=O) groups excluding carboxylic acids is 1. The first kappa shape index (κ1) is 16.1. The van der Waals surface area contributed by atoms with Crippen molar-refractivity contribution in [2.24, 2.45) is 0 Å². The van der Waals surface area contributed by atoms with Gasteiger partial charge in [0.25, 0.3) is 0 Å². The van der Waals surface area contributed by atoms with Gasteiger partial charge in [-0.15, -0.1) is 11.3 Å². The first-order chi connectivity index (χ1) is 11.3. The van der Waals surface area contributed by atoms with Gasteiger partial charge in [0, 0.05) is 24.5 Å². The van der Waals surface area contributed by atoms with Gasteiger partial charge in [-0.2, -0.15) is 0 Å². The lowest BCUT2D eigenvalue weighted by atomic mass is 9.89.